The summed E-state index contributed by atoms with van der Waals surface area (Å²) in [6.07, 6.45) is -19.8. The molecule has 18 nitrogen and oxygen atoms in total. The Kier molecular flexibility index (Phi) is 11.9. The average Bonchev–Trinajstić information content (AvgIpc) is 2.92. The largest absolute Gasteiger partial charge is 0.394 e. The van der Waals surface area contributed by atoms with Crippen LogP contribution < -0.4 is 28.3 Å². The van der Waals surface area contributed by atoms with Crippen molar-refractivity contribution in [3.8, 4) is 0 Å². The van der Waals surface area contributed by atoms with Crippen molar-refractivity contribution in [3.63, 3.8) is 0 Å². The lowest BCUT2D eigenvalue weighted by atomic mass is 9.83. The van der Waals surface area contributed by atoms with Crippen LogP contribution >= 0.6 is 0 Å². The van der Waals surface area contributed by atoms with E-state index in [-0.39, 0.29) is 25.9 Å². The lowest BCUT2D eigenvalue weighted by Crippen LogP contribution is -2.69. The molecule has 2 saturated heterocycles. The van der Waals surface area contributed by atoms with Gasteiger partial charge in [0.05, 0.1) is 18.7 Å². The summed E-state index contributed by atoms with van der Waals surface area (Å²) < 4.78 is 22.5. The molecular formula is C22H43N5O13. The van der Waals surface area contributed by atoms with E-state index in [9.17, 15) is 45.6 Å². The quantitative estimate of drug-likeness (QED) is 0.113. The molecule has 3 rings (SSSR count). The fourth-order valence-corrected chi connectivity index (χ4v) is 5.07. The number of nitrogens with one attached hydrogen (secondary N) is 1. The summed E-state index contributed by atoms with van der Waals surface area (Å²) in [5.41, 5.74) is 23.1. The number of ether oxygens (including phenoxy) is 4. The Labute approximate surface area is 229 Å². The van der Waals surface area contributed by atoms with Gasteiger partial charge < -0.3 is 88.1 Å². The molecule has 1 aliphatic carbocycles. The van der Waals surface area contributed by atoms with E-state index < -0.39 is 110 Å². The molecule has 0 spiro atoms. The van der Waals surface area contributed by atoms with Crippen LogP contribution in [0.3, 0.4) is 0 Å². The van der Waals surface area contributed by atoms with Gasteiger partial charge >= 0.3 is 0 Å². The van der Waals surface area contributed by atoms with Crippen molar-refractivity contribution in [3.05, 3.63) is 0 Å². The molecule has 40 heavy (non-hydrogen) atoms. The minimum atomic E-state index is -1.76. The predicted molar refractivity (Wildman–Crippen MR) is 131 cm³/mol. The van der Waals surface area contributed by atoms with E-state index in [1.54, 1.807) is 0 Å². The number of aliphatic hydroxyl groups is 8. The predicted octanol–water partition coefficient (Wildman–Crippen LogP) is -8.42. The summed E-state index contributed by atoms with van der Waals surface area (Å²) in [7, 11) is 0. The third-order valence-corrected chi connectivity index (χ3v) is 7.51. The molecule has 0 bridgehead atoms. The highest BCUT2D eigenvalue weighted by Crippen LogP contribution is 2.32. The second-order valence-electron chi connectivity index (χ2n) is 10.3. The van der Waals surface area contributed by atoms with Crippen LogP contribution in [0.25, 0.3) is 0 Å². The number of carbonyl (C=O) groups is 1. The zero-order valence-electron chi connectivity index (χ0n) is 21.7. The molecule has 1 amide bonds. The second kappa shape index (κ2) is 14.3. The third kappa shape index (κ3) is 7.06. The molecule has 3 aliphatic rings. The highest BCUT2D eigenvalue weighted by atomic mass is 16.7. The van der Waals surface area contributed by atoms with Crippen molar-refractivity contribution in [2.75, 3.05) is 19.7 Å². The maximum Gasteiger partial charge on any atom is 0.249 e. The monoisotopic (exact) mass is 585 g/mol. The summed E-state index contributed by atoms with van der Waals surface area (Å²) in [5.74, 6) is -0.845. The fraction of sp³-hybridized carbons (Fsp3) is 0.955. The summed E-state index contributed by atoms with van der Waals surface area (Å²) >= 11 is 0. The Morgan fingerprint density at radius 3 is 2.05 bits per heavy atom. The molecule has 1 saturated carbocycles. The lowest BCUT2D eigenvalue weighted by molar-refractivity contribution is -0.332. The highest BCUT2D eigenvalue weighted by Gasteiger charge is 2.52. The summed E-state index contributed by atoms with van der Waals surface area (Å²) in [4.78, 5) is 12.6. The molecule has 2 heterocycles. The van der Waals surface area contributed by atoms with E-state index in [0.717, 1.165) is 0 Å². The minimum Gasteiger partial charge on any atom is -0.394 e. The molecule has 18 heteroatoms. The highest BCUT2D eigenvalue weighted by molar-refractivity contribution is 5.80. The maximum absolute atomic E-state index is 12.6. The van der Waals surface area contributed by atoms with E-state index >= 15 is 0 Å². The number of aliphatic hydroxyl groups excluding tert-OH is 8. The smallest absolute Gasteiger partial charge is 0.249 e. The van der Waals surface area contributed by atoms with Crippen LogP contribution in [-0.4, -0.2) is 164 Å². The van der Waals surface area contributed by atoms with Gasteiger partial charge in [0.25, 0.3) is 0 Å². The molecule has 0 aromatic carbocycles. The van der Waals surface area contributed by atoms with Crippen LogP contribution in [0.4, 0.5) is 0 Å². The van der Waals surface area contributed by atoms with Gasteiger partial charge in [-0.2, -0.15) is 0 Å². The minimum absolute atomic E-state index is 0.0101. The maximum atomic E-state index is 12.6. The molecule has 0 aromatic rings. The van der Waals surface area contributed by atoms with Gasteiger partial charge in [0.2, 0.25) is 5.91 Å². The number of hydrogen-bond donors (Lipinski definition) is 13. The Balaban J connectivity index is 1.85. The fourth-order valence-electron chi connectivity index (χ4n) is 5.07. The zero-order chi connectivity index (χ0) is 29.9. The van der Waals surface area contributed by atoms with Crippen LogP contribution in [0.2, 0.25) is 0 Å². The van der Waals surface area contributed by atoms with Gasteiger partial charge in [-0.15, -0.1) is 0 Å². The first-order valence-corrected chi connectivity index (χ1v) is 13.1. The molecule has 1 unspecified atom stereocenters. The molecule has 3 fully saturated rings. The average molecular weight is 586 g/mol. The zero-order valence-corrected chi connectivity index (χ0v) is 21.7. The van der Waals surface area contributed by atoms with E-state index in [1.165, 1.54) is 0 Å². The van der Waals surface area contributed by atoms with E-state index in [1.807, 2.05) is 0 Å². The van der Waals surface area contributed by atoms with Crippen LogP contribution in [0.5, 0.6) is 0 Å². The van der Waals surface area contributed by atoms with Gasteiger partial charge in [-0.05, 0) is 19.4 Å². The number of carbonyl (C=O) groups excluding carboxylic acids is 1. The van der Waals surface area contributed by atoms with Crippen molar-refractivity contribution < 1.29 is 64.6 Å². The number of nitrogens with two attached hydrogens (primary N) is 4. The number of rotatable bonds is 10. The summed E-state index contributed by atoms with van der Waals surface area (Å²) in [6.45, 7) is -0.898. The lowest BCUT2D eigenvalue weighted by Gasteiger charge is -2.49. The van der Waals surface area contributed by atoms with Gasteiger partial charge in [0.1, 0.15) is 67.1 Å². The van der Waals surface area contributed by atoms with Crippen LogP contribution in [0.1, 0.15) is 12.8 Å². The molecule has 234 valence electrons. The normalized spacial score (nSPS) is 47.0. The van der Waals surface area contributed by atoms with Crippen LogP contribution in [0.15, 0.2) is 0 Å². The van der Waals surface area contributed by atoms with Gasteiger partial charge in [0, 0.05) is 12.6 Å². The number of amides is 1. The first kappa shape index (κ1) is 33.3. The molecule has 0 aromatic heterocycles. The van der Waals surface area contributed by atoms with E-state index in [2.05, 4.69) is 5.32 Å². The van der Waals surface area contributed by atoms with Crippen molar-refractivity contribution in [2.24, 2.45) is 22.9 Å². The van der Waals surface area contributed by atoms with Gasteiger partial charge in [-0.1, -0.05) is 0 Å². The number of hydrogen-bond acceptors (Lipinski definition) is 17. The Morgan fingerprint density at radius 2 is 1.45 bits per heavy atom. The van der Waals surface area contributed by atoms with Crippen molar-refractivity contribution in [1.82, 2.24) is 5.32 Å². The van der Waals surface area contributed by atoms with Gasteiger partial charge in [-0.3, -0.25) is 4.79 Å². The Bertz CT molecular complexity index is 815. The van der Waals surface area contributed by atoms with Crippen LogP contribution in [-0.2, 0) is 23.7 Å². The first-order valence-electron chi connectivity index (χ1n) is 13.1. The topological polar surface area (TPSA) is 332 Å². The molecule has 17 N–H and O–H groups in total. The first-order chi connectivity index (χ1) is 18.9. The Morgan fingerprint density at radius 1 is 0.850 bits per heavy atom. The third-order valence-electron chi connectivity index (χ3n) is 7.51. The van der Waals surface area contributed by atoms with E-state index in [4.69, 9.17) is 41.9 Å². The van der Waals surface area contributed by atoms with Crippen molar-refractivity contribution >= 4 is 5.91 Å². The Hall–Kier alpha value is -1.17. The molecule has 0 radical (unpaired) electrons. The van der Waals surface area contributed by atoms with E-state index in [0.29, 0.717) is 0 Å². The molecule has 16 atom stereocenters. The standard InChI is InChI=1S/C22H43N5O13/c23-2-1-8(29)20(36)27-7-3-6(25)18(39-22-16(34)15(33)13(31)9(4-24)37-22)17(35)19(7)40-21-14(32)11(26)12(30)10(5-28)38-21/h6-19,21-22,28-35H,1-5,23-26H2,(H,27,36)/t6-,7+,8-,9+,10+,11-,12+,13+,14+,15-,16+,17-,18+,19-,21+,22?/m0/s1. The summed E-state index contributed by atoms with van der Waals surface area (Å²) in [6, 6.07) is -3.45. The molecular weight excluding hydrogens is 542 g/mol. The van der Waals surface area contributed by atoms with Crippen LogP contribution in [0, 0.1) is 0 Å². The van der Waals surface area contributed by atoms with Gasteiger partial charge in [0.15, 0.2) is 12.6 Å². The second-order valence-corrected chi connectivity index (χ2v) is 10.3. The van der Waals surface area contributed by atoms with Gasteiger partial charge in [-0.25, -0.2) is 0 Å². The van der Waals surface area contributed by atoms with Crippen molar-refractivity contribution in [2.45, 2.75) is 111 Å². The SMILES string of the molecule is NCC[C@H](O)C(=O)N[C@@H]1C[C@H](N)[C@@H](OC2O[C@H](CN)[C@@H](O)[C@H](O)[C@H]2O)[C@H](O)[C@H]1O[C@H]1O[C@H](CO)[C@@H](O)[C@H](N)[C@H]1O. The summed E-state index contributed by atoms with van der Waals surface area (Å²) in [5, 5.41) is 84.9. The van der Waals surface area contributed by atoms with Crippen molar-refractivity contribution in [1.29, 1.82) is 0 Å². The molecule has 2 aliphatic heterocycles.